The van der Waals surface area contributed by atoms with E-state index < -0.39 is 0 Å². The molecule has 0 bridgehead atoms. The zero-order chi connectivity index (χ0) is 10.7. The molecule has 4 N–H and O–H groups in total. The van der Waals surface area contributed by atoms with Crippen LogP contribution >= 0.6 is 23.2 Å². The Bertz CT molecular complexity index is 308. The number of hydrogen-bond donors (Lipinski definition) is 3. The lowest BCUT2D eigenvalue weighted by Gasteiger charge is -2.12. The molecule has 1 aromatic rings. The number of halogens is 2. The molecule has 1 atom stereocenters. The highest BCUT2D eigenvalue weighted by molar-refractivity contribution is 6.37. The van der Waals surface area contributed by atoms with Gasteiger partial charge in [0.15, 0.2) is 5.75 Å². The van der Waals surface area contributed by atoms with E-state index in [4.69, 9.17) is 34.0 Å². The van der Waals surface area contributed by atoms with Gasteiger partial charge in [-0.25, -0.2) is 0 Å². The van der Waals surface area contributed by atoms with Crippen LogP contribution in [-0.4, -0.2) is 16.8 Å². The van der Waals surface area contributed by atoms with Crippen LogP contribution in [0.25, 0.3) is 0 Å². The van der Waals surface area contributed by atoms with Gasteiger partial charge in [0.2, 0.25) is 0 Å². The van der Waals surface area contributed by atoms with Gasteiger partial charge in [-0.3, -0.25) is 0 Å². The molecule has 0 aliphatic rings. The topological polar surface area (TPSA) is 66.5 Å². The molecule has 0 spiro atoms. The lowest BCUT2D eigenvalue weighted by molar-refractivity contribution is 0.276. The van der Waals surface area contributed by atoms with Gasteiger partial charge in [0.25, 0.3) is 0 Å². The van der Waals surface area contributed by atoms with Crippen LogP contribution in [0.3, 0.4) is 0 Å². The van der Waals surface area contributed by atoms with Crippen LogP contribution in [0.5, 0.6) is 5.75 Å². The van der Waals surface area contributed by atoms with Gasteiger partial charge in [-0.1, -0.05) is 23.2 Å². The fraction of sp³-hybridized carbons (Fsp3) is 0.333. The summed E-state index contributed by atoms with van der Waals surface area (Å²) in [5.41, 5.74) is 6.44. The molecule has 0 fully saturated rings. The van der Waals surface area contributed by atoms with E-state index in [1.54, 1.807) is 12.1 Å². The highest BCUT2D eigenvalue weighted by Crippen LogP contribution is 2.34. The van der Waals surface area contributed by atoms with Gasteiger partial charge < -0.3 is 15.9 Å². The predicted octanol–water partition coefficient (Wildman–Crippen LogP) is 2.08. The summed E-state index contributed by atoms with van der Waals surface area (Å²) < 4.78 is 0. The van der Waals surface area contributed by atoms with Crippen molar-refractivity contribution in [2.75, 3.05) is 6.61 Å². The van der Waals surface area contributed by atoms with Crippen LogP contribution in [0.2, 0.25) is 10.0 Å². The van der Waals surface area contributed by atoms with E-state index >= 15 is 0 Å². The number of rotatable bonds is 3. The first kappa shape index (κ1) is 11.6. The second-order valence-electron chi connectivity index (χ2n) is 2.95. The zero-order valence-corrected chi connectivity index (χ0v) is 8.89. The van der Waals surface area contributed by atoms with Crippen molar-refractivity contribution in [2.24, 2.45) is 5.73 Å². The summed E-state index contributed by atoms with van der Waals surface area (Å²) in [5.74, 6) is -0.145. The third kappa shape index (κ3) is 2.51. The Labute approximate surface area is 92.1 Å². The van der Waals surface area contributed by atoms with Crippen LogP contribution in [-0.2, 0) is 0 Å². The summed E-state index contributed by atoms with van der Waals surface area (Å²) >= 11 is 11.4. The van der Waals surface area contributed by atoms with Gasteiger partial charge in [0.1, 0.15) is 0 Å². The highest BCUT2D eigenvalue weighted by atomic mass is 35.5. The maximum absolute atomic E-state index is 9.29. The number of phenolic OH excluding ortho intramolecular Hbond substituents is 1. The summed E-state index contributed by atoms with van der Waals surface area (Å²) in [4.78, 5) is 0. The molecule has 1 aromatic carbocycles. The molecule has 3 nitrogen and oxygen atoms in total. The van der Waals surface area contributed by atoms with Gasteiger partial charge in [0, 0.05) is 12.6 Å². The van der Waals surface area contributed by atoms with Crippen molar-refractivity contribution in [1.29, 1.82) is 0 Å². The molecule has 0 aliphatic carbocycles. The number of hydrogen-bond acceptors (Lipinski definition) is 3. The van der Waals surface area contributed by atoms with Crippen LogP contribution in [0, 0.1) is 0 Å². The van der Waals surface area contributed by atoms with E-state index in [0.29, 0.717) is 12.0 Å². The first-order valence-electron chi connectivity index (χ1n) is 4.10. The molecular weight excluding hydrogens is 225 g/mol. The van der Waals surface area contributed by atoms with Crippen molar-refractivity contribution >= 4 is 23.2 Å². The predicted molar refractivity (Wildman–Crippen MR) is 56.8 cm³/mol. The lowest BCUT2D eigenvalue weighted by atomic mass is 10.1. The second kappa shape index (κ2) is 4.84. The zero-order valence-electron chi connectivity index (χ0n) is 7.37. The van der Waals surface area contributed by atoms with Gasteiger partial charge in [-0.05, 0) is 24.1 Å². The van der Waals surface area contributed by atoms with Crippen LogP contribution in [0.1, 0.15) is 18.0 Å². The van der Waals surface area contributed by atoms with E-state index in [9.17, 15) is 5.11 Å². The molecule has 1 rings (SSSR count). The smallest absolute Gasteiger partial charge is 0.152 e. The van der Waals surface area contributed by atoms with E-state index in [1.807, 2.05) is 0 Å². The molecule has 0 unspecified atom stereocenters. The second-order valence-corrected chi connectivity index (χ2v) is 3.77. The Kier molecular flexibility index (Phi) is 4.01. The summed E-state index contributed by atoms with van der Waals surface area (Å²) in [5, 5.41) is 18.3. The van der Waals surface area contributed by atoms with Gasteiger partial charge >= 0.3 is 0 Å². The molecular formula is C9H11Cl2NO2. The van der Waals surface area contributed by atoms with Crippen LogP contribution in [0.15, 0.2) is 12.1 Å². The van der Waals surface area contributed by atoms with E-state index in [2.05, 4.69) is 0 Å². The Hall–Kier alpha value is -0.480. The fourth-order valence-corrected chi connectivity index (χ4v) is 1.61. The Morgan fingerprint density at radius 3 is 2.21 bits per heavy atom. The summed E-state index contributed by atoms with van der Waals surface area (Å²) in [7, 11) is 0. The minimum absolute atomic E-state index is 0.00270. The molecule has 78 valence electrons. The molecule has 14 heavy (non-hydrogen) atoms. The van der Waals surface area contributed by atoms with Crippen molar-refractivity contribution in [1.82, 2.24) is 0 Å². The molecule has 0 heterocycles. The SMILES string of the molecule is N[C@@H](CCO)c1cc(Cl)c(O)c(Cl)c1. The quantitative estimate of drug-likeness (QED) is 0.752. The van der Waals surface area contributed by atoms with E-state index in [0.717, 1.165) is 0 Å². The standard InChI is InChI=1S/C9H11Cl2NO2/c10-6-3-5(8(12)1-2-13)4-7(11)9(6)14/h3-4,8,13-14H,1-2,12H2/t8-/m0/s1. The van der Waals surface area contributed by atoms with Crippen LogP contribution < -0.4 is 5.73 Å². The van der Waals surface area contributed by atoms with E-state index in [1.165, 1.54) is 0 Å². The summed E-state index contributed by atoms with van der Waals surface area (Å²) in [6.45, 7) is -0.00270. The van der Waals surface area contributed by atoms with Crippen molar-refractivity contribution < 1.29 is 10.2 Å². The average molecular weight is 236 g/mol. The number of phenols is 1. The number of benzene rings is 1. The molecule has 0 aromatic heterocycles. The molecule has 0 aliphatic heterocycles. The first-order valence-corrected chi connectivity index (χ1v) is 4.86. The van der Waals surface area contributed by atoms with Gasteiger partial charge in [0.05, 0.1) is 10.0 Å². The number of aromatic hydroxyl groups is 1. The minimum Gasteiger partial charge on any atom is -0.505 e. The third-order valence-electron chi connectivity index (χ3n) is 1.91. The first-order chi connectivity index (χ1) is 6.56. The van der Waals surface area contributed by atoms with Crippen LogP contribution in [0.4, 0.5) is 0 Å². The lowest BCUT2D eigenvalue weighted by Crippen LogP contribution is -2.11. The highest BCUT2D eigenvalue weighted by Gasteiger charge is 2.11. The van der Waals surface area contributed by atoms with Crippen molar-refractivity contribution in [3.8, 4) is 5.75 Å². The normalized spacial score (nSPS) is 12.9. The van der Waals surface area contributed by atoms with Crippen molar-refractivity contribution in [2.45, 2.75) is 12.5 Å². The molecule has 5 heteroatoms. The van der Waals surface area contributed by atoms with E-state index in [-0.39, 0.29) is 28.4 Å². The fourth-order valence-electron chi connectivity index (χ4n) is 1.10. The average Bonchev–Trinajstić information content (AvgIpc) is 2.13. The Morgan fingerprint density at radius 2 is 1.79 bits per heavy atom. The van der Waals surface area contributed by atoms with Gasteiger partial charge in [-0.15, -0.1) is 0 Å². The molecule has 0 amide bonds. The third-order valence-corrected chi connectivity index (χ3v) is 2.48. The summed E-state index contributed by atoms with van der Waals surface area (Å²) in [6, 6.07) is 2.77. The Morgan fingerprint density at radius 1 is 1.29 bits per heavy atom. The van der Waals surface area contributed by atoms with Crippen molar-refractivity contribution in [3.05, 3.63) is 27.7 Å². The molecule has 0 saturated heterocycles. The Balaban J connectivity index is 3.00. The number of nitrogens with two attached hydrogens (primary N) is 1. The maximum Gasteiger partial charge on any atom is 0.152 e. The minimum atomic E-state index is -0.324. The summed E-state index contributed by atoms with van der Waals surface area (Å²) in [6.07, 6.45) is 0.428. The number of aliphatic hydroxyl groups is 1. The van der Waals surface area contributed by atoms with Crippen molar-refractivity contribution in [3.63, 3.8) is 0 Å². The monoisotopic (exact) mass is 235 g/mol. The molecule has 0 radical (unpaired) electrons. The largest absolute Gasteiger partial charge is 0.505 e. The molecule has 0 saturated carbocycles. The maximum atomic E-state index is 9.29. The number of aliphatic hydroxyl groups excluding tert-OH is 1. The van der Waals surface area contributed by atoms with Gasteiger partial charge in [-0.2, -0.15) is 0 Å².